The van der Waals surface area contributed by atoms with E-state index in [-0.39, 0.29) is 11.5 Å². The maximum absolute atomic E-state index is 11.9. The molecule has 1 atom stereocenters. The van der Waals surface area contributed by atoms with Crippen molar-refractivity contribution in [2.24, 2.45) is 0 Å². The summed E-state index contributed by atoms with van der Waals surface area (Å²) in [5.41, 5.74) is 1.75. The van der Waals surface area contributed by atoms with Crippen LogP contribution in [0.2, 0.25) is 10.0 Å². The molecule has 0 N–H and O–H groups in total. The predicted molar refractivity (Wildman–Crippen MR) is 99.0 cm³/mol. The predicted octanol–water partition coefficient (Wildman–Crippen LogP) is 5.00. The van der Waals surface area contributed by atoms with Crippen LogP contribution in [-0.2, 0) is 15.6 Å². The van der Waals surface area contributed by atoms with Gasteiger partial charge in [-0.25, -0.2) is 0 Å². The van der Waals surface area contributed by atoms with E-state index in [9.17, 15) is 9.00 Å². The Balaban J connectivity index is 1.88. The zero-order valence-corrected chi connectivity index (χ0v) is 14.4. The van der Waals surface area contributed by atoms with Crippen molar-refractivity contribution in [2.45, 2.75) is 0 Å². The number of hydrogen-bond donors (Lipinski definition) is 0. The van der Waals surface area contributed by atoms with Crippen molar-refractivity contribution in [3.63, 3.8) is 0 Å². The highest BCUT2D eigenvalue weighted by Crippen LogP contribution is 2.12. The van der Waals surface area contributed by atoms with E-state index in [0.29, 0.717) is 10.0 Å². The van der Waals surface area contributed by atoms with E-state index in [4.69, 9.17) is 23.2 Å². The van der Waals surface area contributed by atoms with E-state index in [2.05, 4.69) is 0 Å². The minimum Gasteiger partial charge on any atom is -0.294 e. The average molecular weight is 365 g/mol. The molecule has 0 aliphatic carbocycles. The van der Waals surface area contributed by atoms with Gasteiger partial charge < -0.3 is 0 Å². The van der Waals surface area contributed by atoms with E-state index < -0.39 is 10.8 Å². The van der Waals surface area contributed by atoms with Gasteiger partial charge in [0.1, 0.15) is 0 Å². The molecule has 0 bridgehead atoms. The molecular formula is C18H14Cl2O2S. The maximum atomic E-state index is 11.9. The standard InChI is InChI=1S/C18H14Cl2O2S/c19-16-6-1-14(2-7-16)5-10-18(21)13-23(22)12-11-15-3-8-17(20)9-4-15/h1-12H,13H2. The first-order chi connectivity index (χ1) is 11.0. The number of allylic oxidation sites excluding steroid dienone is 1. The van der Waals surface area contributed by atoms with Crippen molar-refractivity contribution in [2.75, 3.05) is 5.75 Å². The summed E-state index contributed by atoms with van der Waals surface area (Å²) in [6.45, 7) is 0. The number of ketones is 1. The van der Waals surface area contributed by atoms with Crippen LogP contribution in [-0.4, -0.2) is 15.7 Å². The van der Waals surface area contributed by atoms with Gasteiger partial charge in [-0.15, -0.1) is 0 Å². The highest BCUT2D eigenvalue weighted by molar-refractivity contribution is 7.88. The third kappa shape index (κ3) is 6.53. The van der Waals surface area contributed by atoms with Gasteiger partial charge >= 0.3 is 0 Å². The Morgan fingerprint density at radius 3 is 1.87 bits per heavy atom. The van der Waals surface area contributed by atoms with Crippen LogP contribution in [0.15, 0.2) is 60.0 Å². The SMILES string of the molecule is O=C(C=Cc1ccc(Cl)cc1)CS(=O)C=Cc1ccc(Cl)cc1. The lowest BCUT2D eigenvalue weighted by Crippen LogP contribution is -2.05. The molecule has 2 aromatic rings. The molecule has 118 valence electrons. The largest absolute Gasteiger partial charge is 0.294 e. The summed E-state index contributed by atoms with van der Waals surface area (Å²) >= 11 is 11.6. The summed E-state index contributed by atoms with van der Waals surface area (Å²) in [7, 11) is -1.35. The number of carbonyl (C=O) groups excluding carboxylic acids is 1. The van der Waals surface area contributed by atoms with E-state index in [1.165, 1.54) is 11.5 Å². The summed E-state index contributed by atoms with van der Waals surface area (Å²) in [5, 5.41) is 2.80. The zero-order chi connectivity index (χ0) is 16.7. The molecule has 0 amide bonds. The minimum atomic E-state index is -1.35. The van der Waals surface area contributed by atoms with Crippen molar-refractivity contribution < 1.29 is 9.00 Å². The molecule has 0 aliphatic heterocycles. The molecular weight excluding hydrogens is 351 g/mol. The second kappa shape index (κ2) is 8.82. The lowest BCUT2D eigenvalue weighted by Gasteiger charge is -1.95. The maximum Gasteiger partial charge on any atom is 0.168 e. The summed E-state index contributed by atoms with van der Waals surface area (Å²) in [5.74, 6) is -0.243. The lowest BCUT2D eigenvalue weighted by molar-refractivity contribution is -0.112. The van der Waals surface area contributed by atoms with Crippen molar-refractivity contribution >= 4 is 51.9 Å². The van der Waals surface area contributed by atoms with Gasteiger partial charge in [0.25, 0.3) is 0 Å². The van der Waals surface area contributed by atoms with Crippen LogP contribution in [0, 0.1) is 0 Å². The van der Waals surface area contributed by atoms with Crippen LogP contribution >= 0.6 is 23.2 Å². The summed E-state index contributed by atoms with van der Waals surface area (Å²) in [4.78, 5) is 11.8. The average Bonchev–Trinajstić information content (AvgIpc) is 2.54. The van der Waals surface area contributed by atoms with Gasteiger partial charge in [0, 0.05) is 15.5 Å². The molecule has 0 spiro atoms. The molecule has 5 heteroatoms. The van der Waals surface area contributed by atoms with Crippen LogP contribution in [0.1, 0.15) is 11.1 Å². The van der Waals surface area contributed by atoms with Crippen LogP contribution in [0.4, 0.5) is 0 Å². The summed E-state index contributed by atoms with van der Waals surface area (Å²) in [6, 6.07) is 14.3. The van der Waals surface area contributed by atoms with Crippen LogP contribution in [0.3, 0.4) is 0 Å². The Hall–Kier alpha value is -1.68. The van der Waals surface area contributed by atoms with Crippen LogP contribution in [0.25, 0.3) is 12.2 Å². The van der Waals surface area contributed by atoms with Crippen LogP contribution < -0.4 is 0 Å². The fourth-order valence-corrected chi connectivity index (χ4v) is 2.76. The zero-order valence-electron chi connectivity index (χ0n) is 12.1. The fourth-order valence-electron chi connectivity index (χ4n) is 1.73. The molecule has 0 saturated carbocycles. The number of hydrogen-bond acceptors (Lipinski definition) is 2. The second-order valence-corrected chi connectivity index (χ2v) is 6.93. The molecule has 0 saturated heterocycles. The molecule has 0 fully saturated rings. The first kappa shape index (κ1) is 17.7. The summed E-state index contributed by atoms with van der Waals surface area (Å²) in [6.07, 6.45) is 4.82. The third-order valence-electron chi connectivity index (χ3n) is 2.90. The lowest BCUT2D eigenvalue weighted by atomic mass is 10.2. The molecule has 23 heavy (non-hydrogen) atoms. The van der Waals surface area contributed by atoms with Gasteiger partial charge in [-0.1, -0.05) is 53.5 Å². The Kier molecular flexibility index (Phi) is 6.78. The van der Waals surface area contributed by atoms with Gasteiger partial charge in [-0.2, -0.15) is 0 Å². The Labute approximate surface area is 147 Å². The topological polar surface area (TPSA) is 34.1 Å². The third-order valence-corrected chi connectivity index (χ3v) is 4.41. The molecule has 2 aromatic carbocycles. The quantitative estimate of drug-likeness (QED) is 0.676. The Bertz CT molecular complexity index is 682. The summed E-state index contributed by atoms with van der Waals surface area (Å²) < 4.78 is 11.9. The highest BCUT2D eigenvalue weighted by Gasteiger charge is 2.02. The van der Waals surface area contributed by atoms with E-state index >= 15 is 0 Å². The fraction of sp³-hybridized carbons (Fsp3) is 0.0556. The molecule has 0 radical (unpaired) electrons. The highest BCUT2D eigenvalue weighted by atomic mass is 35.5. The number of rotatable bonds is 6. The van der Waals surface area contributed by atoms with Gasteiger partial charge in [0.2, 0.25) is 0 Å². The van der Waals surface area contributed by atoms with Gasteiger partial charge in [0.05, 0.1) is 16.6 Å². The minimum absolute atomic E-state index is 0.0474. The molecule has 0 aromatic heterocycles. The second-order valence-electron chi connectivity index (χ2n) is 4.73. The smallest absolute Gasteiger partial charge is 0.168 e. The van der Waals surface area contributed by atoms with E-state index in [1.807, 2.05) is 24.3 Å². The molecule has 1 unspecified atom stereocenters. The normalized spacial score (nSPS) is 12.8. The molecule has 2 rings (SSSR count). The van der Waals surface area contributed by atoms with Gasteiger partial charge in [-0.3, -0.25) is 9.00 Å². The van der Waals surface area contributed by atoms with Crippen molar-refractivity contribution in [3.05, 3.63) is 81.2 Å². The first-order valence-corrected chi connectivity index (χ1v) is 8.94. The molecule has 0 heterocycles. The number of benzene rings is 2. The number of carbonyl (C=O) groups is 1. The van der Waals surface area contributed by atoms with E-state index in [0.717, 1.165) is 11.1 Å². The van der Waals surface area contributed by atoms with Crippen molar-refractivity contribution in [3.8, 4) is 0 Å². The Morgan fingerprint density at radius 2 is 1.35 bits per heavy atom. The Morgan fingerprint density at radius 1 is 0.870 bits per heavy atom. The first-order valence-electron chi connectivity index (χ1n) is 6.80. The van der Waals surface area contributed by atoms with Crippen molar-refractivity contribution in [1.82, 2.24) is 0 Å². The molecule has 2 nitrogen and oxygen atoms in total. The number of halogens is 2. The van der Waals surface area contributed by atoms with Gasteiger partial charge in [0.15, 0.2) is 5.78 Å². The molecule has 0 aliphatic rings. The van der Waals surface area contributed by atoms with Gasteiger partial charge in [-0.05, 0) is 47.5 Å². The van der Waals surface area contributed by atoms with Crippen molar-refractivity contribution in [1.29, 1.82) is 0 Å². The van der Waals surface area contributed by atoms with Crippen LogP contribution in [0.5, 0.6) is 0 Å². The van der Waals surface area contributed by atoms with E-state index in [1.54, 1.807) is 36.4 Å². The monoisotopic (exact) mass is 364 g/mol.